The highest BCUT2D eigenvalue weighted by atomic mass is 31.2. The Kier molecular flexibility index (Phi) is 72.2. The molecule has 0 rings (SSSR count). The second kappa shape index (κ2) is 73.6. The van der Waals surface area contributed by atoms with Crippen molar-refractivity contribution in [2.45, 2.75) is 452 Å². The molecule has 0 aromatic rings. The molecular weight excluding hydrogens is 1320 g/mol. The van der Waals surface area contributed by atoms with Crippen molar-refractivity contribution in [2.75, 3.05) is 39.6 Å². The van der Waals surface area contributed by atoms with Gasteiger partial charge in [0.1, 0.15) is 19.3 Å². The van der Waals surface area contributed by atoms with Gasteiger partial charge in [0.25, 0.3) is 0 Å². The van der Waals surface area contributed by atoms with Crippen molar-refractivity contribution in [1.29, 1.82) is 0 Å². The first-order valence-electron chi connectivity index (χ1n) is 42.5. The number of phosphoric acid groups is 2. The van der Waals surface area contributed by atoms with Gasteiger partial charge in [-0.15, -0.1) is 0 Å². The molecule has 0 saturated carbocycles. The zero-order chi connectivity index (χ0) is 74.2. The van der Waals surface area contributed by atoms with E-state index in [4.69, 9.17) is 37.0 Å². The summed E-state index contributed by atoms with van der Waals surface area (Å²) in [5, 5.41) is 10.7. The Morgan fingerprint density at radius 2 is 0.505 bits per heavy atom. The third-order valence-electron chi connectivity index (χ3n) is 19.6. The zero-order valence-corrected chi connectivity index (χ0v) is 68.0. The van der Waals surface area contributed by atoms with Gasteiger partial charge in [0.05, 0.1) is 26.4 Å². The largest absolute Gasteiger partial charge is 0.472 e. The molecular formula is C82H160O17P2. The lowest BCUT2D eigenvalue weighted by Crippen LogP contribution is -2.30. The summed E-state index contributed by atoms with van der Waals surface area (Å²) in [6, 6.07) is 0. The number of phosphoric ester groups is 2. The Balaban J connectivity index is 5.25. The highest BCUT2D eigenvalue weighted by Crippen LogP contribution is 2.45. The van der Waals surface area contributed by atoms with E-state index in [9.17, 15) is 43.2 Å². The number of aliphatic hydroxyl groups is 1. The van der Waals surface area contributed by atoms with Crippen LogP contribution < -0.4 is 0 Å². The molecule has 101 heavy (non-hydrogen) atoms. The van der Waals surface area contributed by atoms with Gasteiger partial charge in [-0.1, -0.05) is 382 Å². The first-order chi connectivity index (χ1) is 48.9. The molecule has 0 radical (unpaired) electrons. The van der Waals surface area contributed by atoms with E-state index in [1.807, 2.05) is 0 Å². The minimum absolute atomic E-state index is 0.106. The number of carbonyl (C=O) groups excluding carboxylic acids is 4. The van der Waals surface area contributed by atoms with Gasteiger partial charge in [-0.25, -0.2) is 9.13 Å². The van der Waals surface area contributed by atoms with Crippen molar-refractivity contribution in [2.24, 2.45) is 11.8 Å². The fourth-order valence-electron chi connectivity index (χ4n) is 12.7. The zero-order valence-electron chi connectivity index (χ0n) is 66.2. The monoisotopic (exact) mass is 1480 g/mol. The highest BCUT2D eigenvalue weighted by Gasteiger charge is 2.30. The maximum atomic E-state index is 13.1. The van der Waals surface area contributed by atoms with Crippen LogP contribution in [0.2, 0.25) is 0 Å². The lowest BCUT2D eigenvalue weighted by molar-refractivity contribution is -0.161. The second-order valence-corrected chi connectivity index (χ2v) is 33.1. The third kappa shape index (κ3) is 74.7. The molecule has 0 aromatic carbocycles. The van der Waals surface area contributed by atoms with Crippen LogP contribution in [-0.4, -0.2) is 96.7 Å². The minimum Gasteiger partial charge on any atom is -0.462 e. The van der Waals surface area contributed by atoms with E-state index in [-0.39, 0.29) is 25.7 Å². The molecule has 0 aromatic heterocycles. The molecule has 6 atom stereocenters. The maximum Gasteiger partial charge on any atom is 0.472 e. The van der Waals surface area contributed by atoms with Gasteiger partial charge in [0.2, 0.25) is 0 Å². The number of esters is 4. The molecule has 0 aliphatic heterocycles. The normalized spacial score (nSPS) is 14.2. The molecule has 0 aliphatic carbocycles. The standard InChI is InChI=1S/C82H160O17P2/c1-7-10-12-14-16-18-20-22-24-26-28-30-32-34-39-46-52-58-64-79(84)92-70-77(98-81(86)66-60-54-48-40-35-33-31-29-27-25-23-21-19-17-15-13-11-8-2)72-96-100(88,89)94-68-76(83)69-95-101(90,91)97-73-78(71-93-80(85)65-59-53-47-43-42-44-50-56-62-74(4)5)99-82(87)67-61-55-49-41-37-36-38-45-51-57-63-75(6)9-3/h74-78,83H,7-73H2,1-6H3,(H,88,89)(H,90,91)/t75?,76-,77-,78-/m1/s1. The average Bonchev–Trinajstić information content (AvgIpc) is 0.974. The van der Waals surface area contributed by atoms with Gasteiger partial charge in [-0.2, -0.15) is 0 Å². The maximum absolute atomic E-state index is 13.1. The van der Waals surface area contributed by atoms with Crippen LogP contribution in [0.1, 0.15) is 433 Å². The lowest BCUT2D eigenvalue weighted by Gasteiger charge is -2.21. The summed E-state index contributed by atoms with van der Waals surface area (Å²) in [5.41, 5.74) is 0. The first-order valence-corrected chi connectivity index (χ1v) is 45.5. The number of unbranched alkanes of at least 4 members (excludes halogenated alkanes) is 50. The molecule has 0 bridgehead atoms. The van der Waals surface area contributed by atoms with Gasteiger partial charge < -0.3 is 33.8 Å². The Morgan fingerprint density at radius 3 is 0.752 bits per heavy atom. The Labute approximate surface area is 619 Å². The van der Waals surface area contributed by atoms with Crippen LogP contribution in [0.25, 0.3) is 0 Å². The van der Waals surface area contributed by atoms with E-state index in [1.165, 1.54) is 250 Å². The summed E-state index contributed by atoms with van der Waals surface area (Å²) >= 11 is 0. The van der Waals surface area contributed by atoms with Crippen molar-refractivity contribution in [3.8, 4) is 0 Å². The van der Waals surface area contributed by atoms with Gasteiger partial charge >= 0.3 is 39.5 Å². The predicted molar refractivity (Wildman–Crippen MR) is 414 cm³/mol. The Morgan fingerprint density at radius 1 is 0.287 bits per heavy atom. The predicted octanol–water partition coefficient (Wildman–Crippen LogP) is 24.7. The number of hydrogen-bond acceptors (Lipinski definition) is 15. The summed E-state index contributed by atoms with van der Waals surface area (Å²) in [6.45, 7) is 9.63. The lowest BCUT2D eigenvalue weighted by atomic mass is 9.99. The van der Waals surface area contributed by atoms with Crippen molar-refractivity contribution >= 4 is 39.5 Å². The molecule has 3 N–H and O–H groups in total. The fourth-order valence-corrected chi connectivity index (χ4v) is 14.3. The molecule has 3 unspecified atom stereocenters. The number of aliphatic hydroxyl groups excluding tert-OH is 1. The van der Waals surface area contributed by atoms with Crippen LogP contribution >= 0.6 is 15.6 Å². The van der Waals surface area contributed by atoms with Crippen LogP contribution in [0.4, 0.5) is 0 Å². The second-order valence-electron chi connectivity index (χ2n) is 30.2. The van der Waals surface area contributed by atoms with Crippen molar-refractivity contribution in [1.82, 2.24) is 0 Å². The molecule has 0 fully saturated rings. The van der Waals surface area contributed by atoms with E-state index < -0.39 is 97.5 Å². The average molecular weight is 1480 g/mol. The topological polar surface area (TPSA) is 237 Å². The molecule has 0 spiro atoms. The number of hydrogen-bond donors (Lipinski definition) is 3. The summed E-state index contributed by atoms with van der Waals surface area (Å²) in [7, 11) is -9.92. The Bertz CT molecular complexity index is 1940. The molecule has 0 amide bonds. The smallest absolute Gasteiger partial charge is 0.462 e. The molecule has 19 heteroatoms. The molecule has 0 heterocycles. The highest BCUT2D eigenvalue weighted by molar-refractivity contribution is 7.47. The van der Waals surface area contributed by atoms with Gasteiger partial charge in [-0.05, 0) is 37.5 Å². The molecule has 17 nitrogen and oxygen atoms in total. The number of ether oxygens (including phenoxy) is 4. The quantitative estimate of drug-likeness (QED) is 0.0222. The van der Waals surface area contributed by atoms with Crippen LogP contribution in [0.5, 0.6) is 0 Å². The van der Waals surface area contributed by atoms with Gasteiger partial charge in [-0.3, -0.25) is 37.3 Å². The van der Waals surface area contributed by atoms with E-state index in [1.54, 1.807) is 0 Å². The summed E-state index contributed by atoms with van der Waals surface area (Å²) < 4.78 is 68.8. The van der Waals surface area contributed by atoms with E-state index in [0.29, 0.717) is 25.7 Å². The summed E-state index contributed by atoms with van der Waals surface area (Å²) in [4.78, 5) is 73.1. The third-order valence-corrected chi connectivity index (χ3v) is 21.5. The summed E-state index contributed by atoms with van der Waals surface area (Å²) in [5.74, 6) is -0.578. The van der Waals surface area contributed by atoms with Crippen LogP contribution in [-0.2, 0) is 65.4 Å². The van der Waals surface area contributed by atoms with Crippen LogP contribution in [0, 0.1) is 11.8 Å². The van der Waals surface area contributed by atoms with Crippen molar-refractivity contribution in [3.05, 3.63) is 0 Å². The first kappa shape index (κ1) is 99.1. The van der Waals surface area contributed by atoms with Gasteiger partial charge in [0, 0.05) is 25.7 Å². The van der Waals surface area contributed by atoms with E-state index in [2.05, 4.69) is 41.5 Å². The molecule has 0 saturated heterocycles. The van der Waals surface area contributed by atoms with E-state index >= 15 is 0 Å². The van der Waals surface area contributed by atoms with Crippen LogP contribution in [0.3, 0.4) is 0 Å². The van der Waals surface area contributed by atoms with Crippen molar-refractivity contribution in [3.63, 3.8) is 0 Å². The van der Waals surface area contributed by atoms with Crippen LogP contribution in [0.15, 0.2) is 0 Å². The molecule has 0 aliphatic rings. The van der Waals surface area contributed by atoms with Gasteiger partial charge in [0.15, 0.2) is 12.2 Å². The SMILES string of the molecule is CCCCCCCCCCCCCCCCCCCCC(=O)OC[C@H](COP(=O)(O)OC[C@@H](O)COP(=O)(O)OC[C@@H](COC(=O)CCCCCCCCCCC(C)C)OC(=O)CCCCCCCCCCCCC(C)CC)OC(=O)CCCCCCCCCCCCCCCCCCCC. The van der Waals surface area contributed by atoms with E-state index in [0.717, 1.165) is 102 Å². The Hall–Kier alpha value is -1.94. The number of carbonyl (C=O) groups is 4. The summed E-state index contributed by atoms with van der Waals surface area (Å²) in [6.07, 6.45) is 63.8. The minimum atomic E-state index is -4.96. The number of rotatable bonds is 81. The van der Waals surface area contributed by atoms with Crippen molar-refractivity contribution < 1.29 is 80.2 Å². The molecule has 600 valence electrons. The fraction of sp³-hybridized carbons (Fsp3) is 0.951.